The van der Waals surface area contributed by atoms with E-state index in [1.165, 1.54) is 0 Å². The fourth-order valence-electron chi connectivity index (χ4n) is 1.22. The van der Waals surface area contributed by atoms with Crippen molar-refractivity contribution in [3.8, 4) is 0 Å². The van der Waals surface area contributed by atoms with Crippen LogP contribution in [0, 0.1) is 0 Å². The van der Waals surface area contributed by atoms with Crippen LogP contribution in [0.5, 0.6) is 0 Å². The van der Waals surface area contributed by atoms with Gasteiger partial charge >= 0.3 is 11.9 Å². The van der Waals surface area contributed by atoms with Crippen molar-refractivity contribution in [1.82, 2.24) is 5.32 Å². The van der Waals surface area contributed by atoms with Gasteiger partial charge in [0.15, 0.2) is 0 Å². The Bertz CT molecular complexity index is 292. The second-order valence-corrected chi connectivity index (χ2v) is 3.69. The highest BCUT2D eigenvalue weighted by atomic mass is 16.4. The fraction of sp³-hybridized carbons (Fsp3) is 0.700. The van der Waals surface area contributed by atoms with Crippen LogP contribution in [-0.2, 0) is 14.4 Å². The molecular formula is C10H18N2O5. The van der Waals surface area contributed by atoms with E-state index < -0.39 is 24.0 Å². The quantitative estimate of drug-likeness (QED) is 0.459. The van der Waals surface area contributed by atoms with E-state index >= 15 is 0 Å². The predicted molar refractivity (Wildman–Crippen MR) is 59.3 cm³/mol. The standard InChI is InChI=1S/C10H18N2O5/c1-2-8(13)12-7(10(16)17)5-3-4-6(11)9(14)15/h6-7H,2-5,11H2,1H3,(H,12,13)(H,14,15)(H,16,17)/t6-,7+/m1/s1. The average molecular weight is 246 g/mol. The minimum Gasteiger partial charge on any atom is -0.480 e. The Morgan fingerprint density at radius 1 is 1.18 bits per heavy atom. The van der Waals surface area contributed by atoms with Crippen molar-refractivity contribution in [3.63, 3.8) is 0 Å². The molecule has 5 N–H and O–H groups in total. The number of rotatable bonds is 8. The zero-order valence-corrected chi connectivity index (χ0v) is 9.68. The van der Waals surface area contributed by atoms with E-state index in [0.717, 1.165) is 0 Å². The van der Waals surface area contributed by atoms with E-state index in [9.17, 15) is 14.4 Å². The monoisotopic (exact) mass is 246 g/mol. The number of carbonyl (C=O) groups excluding carboxylic acids is 1. The van der Waals surface area contributed by atoms with E-state index in [1.54, 1.807) is 6.92 Å². The summed E-state index contributed by atoms with van der Waals surface area (Å²) in [6, 6.07) is -1.98. The van der Waals surface area contributed by atoms with Gasteiger partial charge in [0, 0.05) is 6.42 Å². The first kappa shape index (κ1) is 15.4. The van der Waals surface area contributed by atoms with Gasteiger partial charge < -0.3 is 21.3 Å². The first-order chi connectivity index (χ1) is 7.88. The van der Waals surface area contributed by atoms with Crippen LogP contribution < -0.4 is 11.1 Å². The molecule has 0 aliphatic carbocycles. The summed E-state index contributed by atoms with van der Waals surface area (Å²) in [5, 5.41) is 19.7. The zero-order valence-electron chi connectivity index (χ0n) is 9.68. The predicted octanol–water partition coefficient (Wildman–Crippen LogP) is -0.452. The van der Waals surface area contributed by atoms with Gasteiger partial charge in [0.05, 0.1) is 0 Å². The molecule has 98 valence electrons. The second-order valence-electron chi connectivity index (χ2n) is 3.69. The maximum atomic E-state index is 11.0. The number of carboxylic acid groups (broad SMARTS) is 2. The first-order valence-corrected chi connectivity index (χ1v) is 5.39. The number of carbonyl (C=O) groups is 3. The van der Waals surface area contributed by atoms with Gasteiger partial charge in [-0.05, 0) is 19.3 Å². The molecule has 0 aromatic carbocycles. The summed E-state index contributed by atoms with van der Waals surface area (Å²) >= 11 is 0. The molecule has 0 saturated carbocycles. The average Bonchev–Trinajstić information content (AvgIpc) is 2.26. The van der Waals surface area contributed by atoms with Crippen LogP contribution in [0.4, 0.5) is 0 Å². The Kier molecular flexibility index (Phi) is 6.88. The van der Waals surface area contributed by atoms with Crippen LogP contribution in [0.1, 0.15) is 32.6 Å². The maximum absolute atomic E-state index is 11.0. The number of nitrogens with one attached hydrogen (secondary N) is 1. The van der Waals surface area contributed by atoms with Crippen LogP contribution in [0.25, 0.3) is 0 Å². The van der Waals surface area contributed by atoms with Crippen LogP contribution in [-0.4, -0.2) is 40.1 Å². The molecule has 0 aromatic rings. The first-order valence-electron chi connectivity index (χ1n) is 5.39. The van der Waals surface area contributed by atoms with E-state index in [-0.39, 0.29) is 25.2 Å². The summed E-state index contributed by atoms with van der Waals surface area (Å²) in [5.74, 6) is -2.59. The van der Waals surface area contributed by atoms with Crippen LogP contribution in [0.2, 0.25) is 0 Å². The lowest BCUT2D eigenvalue weighted by Crippen LogP contribution is -2.40. The summed E-state index contributed by atoms with van der Waals surface area (Å²) in [6.07, 6.45) is 0.885. The van der Waals surface area contributed by atoms with Gasteiger partial charge in [-0.3, -0.25) is 9.59 Å². The Labute approximate surface area is 99.0 Å². The minimum absolute atomic E-state index is 0.169. The van der Waals surface area contributed by atoms with Crippen molar-refractivity contribution in [1.29, 1.82) is 0 Å². The highest BCUT2D eigenvalue weighted by Crippen LogP contribution is 2.04. The molecule has 2 atom stereocenters. The van der Waals surface area contributed by atoms with Crippen molar-refractivity contribution >= 4 is 17.8 Å². The summed E-state index contributed by atoms with van der Waals surface area (Å²) in [5.41, 5.74) is 5.27. The zero-order chi connectivity index (χ0) is 13.4. The van der Waals surface area contributed by atoms with E-state index in [1.807, 2.05) is 0 Å². The molecule has 0 spiro atoms. The topological polar surface area (TPSA) is 130 Å². The van der Waals surface area contributed by atoms with Gasteiger partial charge in [0.25, 0.3) is 0 Å². The molecule has 1 amide bonds. The van der Waals surface area contributed by atoms with Crippen LogP contribution in [0.15, 0.2) is 0 Å². The molecule has 17 heavy (non-hydrogen) atoms. The Morgan fingerprint density at radius 2 is 1.76 bits per heavy atom. The molecule has 0 radical (unpaired) electrons. The molecule has 0 heterocycles. The smallest absolute Gasteiger partial charge is 0.326 e. The molecule has 0 saturated heterocycles. The molecule has 0 rings (SSSR count). The molecule has 7 heteroatoms. The Morgan fingerprint density at radius 3 is 2.18 bits per heavy atom. The molecule has 0 aliphatic heterocycles. The summed E-state index contributed by atoms with van der Waals surface area (Å²) in [7, 11) is 0. The largest absolute Gasteiger partial charge is 0.480 e. The third kappa shape index (κ3) is 6.52. The number of nitrogens with two attached hydrogens (primary N) is 1. The lowest BCUT2D eigenvalue weighted by atomic mass is 10.1. The SMILES string of the molecule is CCC(=O)N[C@@H](CCC[C@@H](N)C(=O)O)C(=O)O. The third-order valence-corrected chi connectivity index (χ3v) is 2.28. The number of amides is 1. The van der Waals surface area contributed by atoms with E-state index in [2.05, 4.69) is 5.32 Å². The normalized spacial score (nSPS) is 13.8. The summed E-state index contributed by atoms with van der Waals surface area (Å²) in [4.78, 5) is 32.3. The van der Waals surface area contributed by atoms with Crippen molar-refractivity contribution in [2.24, 2.45) is 5.73 Å². The molecule has 7 nitrogen and oxygen atoms in total. The van der Waals surface area contributed by atoms with Crippen LogP contribution in [0.3, 0.4) is 0 Å². The molecule has 0 unspecified atom stereocenters. The molecule has 0 aliphatic rings. The van der Waals surface area contributed by atoms with Crippen molar-refractivity contribution in [3.05, 3.63) is 0 Å². The van der Waals surface area contributed by atoms with Gasteiger partial charge in [0.1, 0.15) is 12.1 Å². The van der Waals surface area contributed by atoms with Gasteiger partial charge in [-0.1, -0.05) is 6.92 Å². The summed E-state index contributed by atoms with van der Waals surface area (Å²) < 4.78 is 0. The van der Waals surface area contributed by atoms with Crippen molar-refractivity contribution < 1.29 is 24.6 Å². The number of hydrogen-bond acceptors (Lipinski definition) is 4. The van der Waals surface area contributed by atoms with Gasteiger partial charge in [0.2, 0.25) is 5.91 Å². The fourth-order valence-corrected chi connectivity index (χ4v) is 1.22. The van der Waals surface area contributed by atoms with Crippen molar-refractivity contribution in [2.75, 3.05) is 0 Å². The molecule has 0 fully saturated rings. The Balaban J connectivity index is 4.06. The molecular weight excluding hydrogens is 228 g/mol. The Hall–Kier alpha value is -1.63. The lowest BCUT2D eigenvalue weighted by molar-refractivity contribution is -0.142. The second kappa shape index (κ2) is 7.61. The third-order valence-electron chi connectivity index (χ3n) is 2.28. The lowest BCUT2D eigenvalue weighted by Gasteiger charge is -2.14. The number of carboxylic acids is 2. The number of aliphatic carboxylic acids is 2. The van der Waals surface area contributed by atoms with Gasteiger partial charge in [-0.15, -0.1) is 0 Å². The van der Waals surface area contributed by atoms with Gasteiger partial charge in [-0.25, -0.2) is 4.79 Å². The van der Waals surface area contributed by atoms with Crippen LogP contribution >= 0.6 is 0 Å². The minimum atomic E-state index is -1.13. The van der Waals surface area contributed by atoms with Crippen molar-refractivity contribution in [2.45, 2.75) is 44.7 Å². The van der Waals surface area contributed by atoms with E-state index in [4.69, 9.17) is 15.9 Å². The molecule has 0 aromatic heterocycles. The highest BCUT2D eigenvalue weighted by Gasteiger charge is 2.20. The maximum Gasteiger partial charge on any atom is 0.326 e. The summed E-state index contributed by atoms with van der Waals surface area (Å²) in [6.45, 7) is 1.62. The van der Waals surface area contributed by atoms with Gasteiger partial charge in [-0.2, -0.15) is 0 Å². The molecule has 0 bridgehead atoms. The van der Waals surface area contributed by atoms with E-state index in [0.29, 0.717) is 6.42 Å². The highest BCUT2D eigenvalue weighted by molar-refractivity contribution is 5.83. The number of hydrogen-bond donors (Lipinski definition) is 4.